The predicted octanol–water partition coefficient (Wildman–Crippen LogP) is 1.72. The number of Topliss-reactive ketones (excluding diaryl/α,β-unsaturated/α-hetero) is 1. The summed E-state index contributed by atoms with van der Waals surface area (Å²) in [6.07, 6.45) is 5.38. The van der Waals surface area contributed by atoms with Gasteiger partial charge in [0.05, 0.1) is 5.69 Å². The Morgan fingerprint density at radius 2 is 2.43 bits per heavy atom. The topological polar surface area (TPSA) is 34.9 Å². The quantitative estimate of drug-likeness (QED) is 0.715. The highest BCUT2D eigenvalue weighted by atomic mass is 16.1. The van der Waals surface area contributed by atoms with Gasteiger partial charge in [-0.3, -0.25) is 9.48 Å². The third kappa shape index (κ3) is 1.86. The SMILES string of the molecule is Cn1ccc(CC2(C)CCC(=O)C2)n1. The Balaban J connectivity index is 2.07. The van der Waals surface area contributed by atoms with Gasteiger partial charge >= 0.3 is 0 Å². The molecular formula is C11H16N2O. The van der Waals surface area contributed by atoms with E-state index in [1.165, 1.54) is 0 Å². The van der Waals surface area contributed by atoms with Gasteiger partial charge in [0.1, 0.15) is 5.78 Å². The highest BCUT2D eigenvalue weighted by molar-refractivity contribution is 5.81. The lowest BCUT2D eigenvalue weighted by atomic mass is 9.84. The van der Waals surface area contributed by atoms with E-state index >= 15 is 0 Å². The standard InChI is InChI=1S/C11H16N2O/c1-11(5-3-10(14)8-11)7-9-4-6-13(2)12-9/h4,6H,3,5,7-8H2,1-2H3. The van der Waals surface area contributed by atoms with Crippen LogP contribution in [0.1, 0.15) is 31.9 Å². The molecule has 2 rings (SSSR count). The van der Waals surface area contributed by atoms with Crippen LogP contribution in [-0.4, -0.2) is 15.6 Å². The molecule has 1 aliphatic carbocycles. The molecule has 1 heterocycles. The number of aromatic nitrogens is 2. The molecule has 1 unspecified atom stereocenters. The van der Waals surface area contributed by atoms with Gasteiger partial charge in [0.25, 0.3) is 0 Å². The van der Waals surface area contributed by atoms with E-state index in [0.717, 1.165) is 31.4 Å². The van der Waals surface area contributed by atoms with Crippen LogP contribution in [-0.2, 0) is 18.3 Å². The number of rotatable bonds is 2. The molecular weight excluding hydrogens is 176 g/mol. The molecule has 0 N–H and O–H groups in total. The van der Waals surface area contributed by atoms with Crippen molar-refractivity contribution in [2.24, 2.45) is 12.5 Å². The average Bonchev–Trinajstić information content (AvgIpc) is 2.60. The zero-order valence-corrected chi connectivity index (χ0v) is 8.79. The van der Waals surface area contributed by atoms with Crippen LogP contribution in [0.2, 0.25) is 0 Å². The predicted molar refractivity (Wildman–Crippen MR) is 53.9 cm³/mol. The lowest BCUT2D eigenvalue weighted by molar-refractivity contribution is -0.117. The van der Waals surface area contributed by atoms with Gasteiger partial charge < -0.3 is 0 Å². The maximum atomic E-state index is 11.2. The Morgan fingerprint density at radius 3 is 2.93 bits per heavy atom. The van der Waals surface area contributed by atoms with Crippen molar-refractivity contribution in [3.05, 3.63) is 18.0 Å². The van der Waals surface area contributed by atoms with Crippen molar-refractivity contribution in [3.63, 3.8) is 0 Å². The van der Waals surface area contributed by atoms with Crippen molar-refractivity contribution in [3.8, 4) is 0 Å². The molecule has 0 radical (unpaired) electrons. The number of carbonyl (C=O) groups is 1. The first kappa shape index (κ1) is 9.44. The number of carbonyl (C=O) groups excluding carboxylic acids is 1. The molecule has 1 saturated carbocycles. The summed E-state index contributed by atoms with van der Waals surface area (Å²) in [5, 5.41) is 4.35. The summed E-state index contributed by atoms with van der Waals surface area (Å²) in [6, 6.07) is 2.04. The van der Waals surface area contributed by atoms with Crippen molar-refractivity contribution in [1.82, 2.24) is 9.78 Å². The minimum atomic E-state index is 0.158. The minimum Gasteiger partial charge on any atom is -0.300 e. The molecule has 3 nitrogen and oxygen atoms in total. The van der Waals surface area contributed by atoms with Crippen LogP contribution >= 0.6 is 0 Å². The van der Waals surface area contributed by atoms with E-state index in [1.807, 2.05) is 24.0 Å². The highest BCUT2D eigenvalue weighted by Gasteiger charge is 2.34. The van der Waals surface area contributed by atoms with Crippen LogP contribution in [0.3, 0.4) is 0 Å². The minimum absolute atomic E-state index is 0.158. The lowest BCUT2D eigenvalue weighted by Gasteiger charge is -2.20. The van der Waals surface area contributed by atoms with E-state index in [-0.39, 0.29) is 5.41 Å². The summed E-state index contributed by atoms with van der Waals surface area (Å²) in [4.78, 5) is 11.2. The van der Waals surface area contributed by atoms with Crippen molar-refractivity contribution >= 4 is 5.78 Å². The number of hydrogen-bond acceptors (Lipinski definition) is 2. The second kappa shape index (κ2) is 3.23. The Kier molecular flexibility index (Phi) is 2.17. The van der Waals surface area contributed by atoms with Gasteiger partial charge in [-0.15, -0.1) is 0 Å². The summed E-state index contributed by atoms with van der Waals surface area (Å²) < 4.78 is 1.81. The highest BCUT2D eigenvalue weighted by Crippen LogP contribution is 2.37. The van der Waals surface area contributed by atoms with Crippen LogP contribution in [0.25, 0.3) is 0 Å². The maximum absolute atomic E-state index is 11.2. The normalized spacial score (nSPS) is 27.1. The average molecular weight is 192 g/mol. The number of aryl methyl sites for hydroxylation is 1. The molecule has 1 fully saturated rings. The van der Waals surface area contributed by atoms with Crippen LogP contribution in [0.15, 0.2) is 12.3 Å². The van der Waals surface area contributed by atoms with Gasteiger partial charge in [0, 0.05) is 26.1 Å². The third-order valence-electron chi connectivity index (χ3n) is 3.01. The summed E-state index contributed by atoms with van der Waals surface area (Å²) in [7, 11) is 1.92. The number of nitrogens with zero attached hydrogens (tertiary/aromatic N) is 2. The van der Waals surface area contributed by atoms with Crippen LogP contribution in [0, 0.1) is 5.41 Å². The maximum Gasteiger partial charge on any atom is 0.133 e. The van der Waals surface area contributed by atoms with E-state index in [4.69, 9.17) is 0 Å². The zero-order chi connectivity index (χ0) is 10.2. The lowest BCUT2D eigenvalue weighted by Crippen LogP contribution is -2.16. The molecule has 0 bridgehead atoms. The molecule has 1 atom stereocenters. The third-order valence-corrected chi connectivity index (χ3v) is 3.01. The first-order valence-corrected chi connectivity index (χ1v) is 5.08. The first-order valence-electron chi connectivity index (χ1n) is 5.08. The van der Waals surface area contributed by atoms with Crippen molar-refractivity contribution in [2.75, 3.05) is 0 Å². The van der Waals surface area contributed by atoms with Crippen molar-refractivity contribution in [2.45, 2.75) is 32.6 Å². The fourth-order valence-corrected chi connectivity index (χ4v) is 2.24. The van der Waals surface area contributed by atoms with Crippen LogP contribution in [0.5, 0.6) is 0 Å². The molecule has 76 valence electrons. The second-order valence-electron chi connectivity index (χ2n) is 4.68. The Bertz CT molecular complexity index is 356. The van der Waals surface area contributed by atoms with Gasteiger partial charge in [0.15, 0.2) is 0 Å². The molecule has 0 amide bonds. The van der Waals surface area contributed by atoms with Crippen LogP contribution in [0.4, 0.5) is 0 Å². The number of hydrogen-bond donors (Lipinski definition) is 0. The van der Waals surface area contributed by atoms with E-state index in [9.17, 15) is 4.79 Å². The first-order chi connectivity index (χ1) is 6.57. The van der Waals surface area contributed by atoms with E-state index in [1.54, 1.807) is 0 Å². The van der Waals surface area contributed by atoms with Gasteiger partial charge in [0.2, 0.25) is 0 Å². The fraction of sp³-hybridized carbons (Fsp3) is 0.636. The summed E-state index contributed by atoms with van der Waals surface area (Å²) in [5.41, 5.74) is 1.26. The van der Waals surface area contributed by atoms with E-state index in [2.05, 4.69) is 12.0 Å². The van der Waals surface area contributed by atoms with Gasteiger partial charge in [-0.25, -0.2) is 0 Å². The van der Waals surface area contributed by atoms with Crippen LogP contribution < -0.4 is 0 Å². The molecule has 0 aliphatic heterocycles. The Labute approximate surface area is 84.1 Å². The van der Waals surface area contributed by atoms with Gasteiger partial charge in [-0.1, -0.05) is 6.92 Å². The van der Waals surface area contributed by atoms with Gasteiger partial charge in [-0.05, 0) is 24.3 Å². The van der Waals surface area contributed by atoms with Crippen molar-refractivity contribution < 1.29 is 4.79 Å². The second-order valence-corrected chi connectivity index (χ2v) is 4.68. The Hall–Kier alpha value is -1.12. The molecule has 0 aromatic carbocycles. The zero-order valence-electron chi connectivity index (χ0n) is 8.79. The summed E-state index contributed by atoms with van der Waals surface area (Å²) >= 11 is 0. The molecule has 1 aliphatic rings. The molecule has 1 aromatic rings. The molecule has 3 heteroatoms. The largest absolute Gasteiger partial charge is 0.300 e. The summed E-state index contributed by atoms with van der Waals surface area (Å²) in [5.74, 6) is 0.406. The van der Waals surface area contributed by atoms with E-state index in [0.29, 0.717) is 5.78 Å². The molecule has 0 spiro atoms. The molecule has 1 aromatic heterocycles. The Morgan fingerprint density at radius 1 is 1.64 bits per heavy atom. The van der Waals surface area contributed by atoms with E-state index < -0.39 is 0 Å². The fourth-order valence-electron chi connectivity index (χ4n) is 2.24. The van der Waals surface area contributed by atoms with Gasteiger partial charge in [-0.2, -0.15) is 5.10 Å². The smallest absolute Gasteiger partial charge is 0.133 e. The number of ketones is 1. The molecule has 0 saturated heterocycles. The molecule has 14 heavy (non-hydrogen) atoms. The van der Waals surface area contributed by atoms with Crippen molar-refractivity contribution in [1.29, 1.82) is 0 Å². The monoisotopic (exact) mass is 192 g/mol. The summed E-state index contributed by atoms with van der Waals surface area (Å²) in [6.45, 7) is 2.19.